The van der Waals surface area contributed by atoms with E-state index in [0.717, 1.165) is 30.6 Å². The number of piperidine rings is 1. The van der Waals surface area contributed by atoms with Gasteiger partial charge in [-0.3, -0.25) is 9.78 Å². The average Bonchev–Trinajstić information content (AvgIpc) is 2.41. The smallest absolute Gasteiger partial charge is 0.241 e. The molecule has 1 aliphatic rings. The Morgan fingerprint density at radius 2 is 2.44 bits per heavy atom. The van der Waals surface area contributed by atoms with Crippen molar-refractivity contribution in [2.45, 2.75) is 39.2 Å². The number of aromatic nitrogens is 1. The number of nitrogens with one attached hydrogen (secondary N) is 2. The molecule has 0 aromatic carbocycles. The van der Waals surface area contributed by atoms with Crippen LogP contribution in [0.1, 0.15) is 31.7 Å². The maximum Gasteiger partial charge on any atom is 0.241 e. The summed E-state index contributed by atoms with van der Waals surface area (Å²) >= 11 is 0. The first-order valence-electron chi connectivity index (χ1n) is 6.65. The van der Waals surface area contributed by atoms with Gasteiger partial charge in [-0.1, -0.05) is 13.3 Å². The number of carbonyl (C=O) groups excluding carboxylic acids is 1. The summed E-state index contributed by atoms with van der Waals surface area (Å²) in [5.74, 6) is 0.723. The minimum absolute atomic E-state index is 0.0595. The molecule has 1 fully saturated rings. The number of anilines is 1. The van der Waals surface area contributed by atoms with Crippen LogP contribution >= 0.6 is 0 Å². The lowest BCUT2D eigenvalue weighted by atomic mass is 9.90. The number of aryl methyl sites for hydroxylation is 1. The first-order valence-corrected chi connectivity index (χ1v) is 6.65. The minimum Gasteiger partial charge on any atom is -0.323 e. The Morgan fingerprint density at radius 1 is 1.61 bits per heavy atom. The topological polar surface area (TPSA) is 54.0 Å². The van der Waals surface area contributed by atoms with Crippen molar-refractivity contribution in [2.24, 2.45) is 5.92 Å². The third-order valence-corrected chi connectivity index (χ3v) is 3.70. The molecule has 2 unspecified atom stereocenters. The molecule has 2 heterocycles. The normalized spacial score (nSPS) is 23.7. The van der Waals surface area contributed by atoms with Crippen molar-refractivity contribution in [3.63, 3.8) is 0 Å². The van der Waals surface area contributed by atoms with Crippen LogP contribution in [0.15, 0.2) is 18.5 Å². The molecule has 4 nitrogen and oxygen atoms in total. The molecule has 1 aliphatic heterocycles. The number of hydrogen-bond acceptors (Lipinski definition) is 3. The third-order valence-electron chi connectivity index (χ3n) is 3.70. The van der Waals surface area contributed by atoms with E-state index in [4.69, 9.17) is 0 Å². The molecule has 18 heavy (non-hydrogen) atoms. The number of carbonyl (C=O) groups is 1. The zero-order valence-electron chi connectivity index (χ0n) is 11.1. The predicted octanol–water partition coefficient (Wildman–Crippen LogP) is 2.11. The van der Waals surface area contributed by atoms with Crippen molar-refractivity contribution in [1.82, 2.24) is 10.3 Å². The lowest BCUT2D eigenvalue weighted by Gasteiger charge is -2.28. The summed E-state index contributed by atoms with van der Waals surface area (Å²) in [6, 6.07) is 1.84. The maximum atomic E-state index is 12.2. The van der Waals surface area contributed by atoms with E-state index in [1.165, 1.54) is 6.42 Å². The van der Waals surface area contributed by atoms with Crippen LogP contribution < -0.4 is 10.6 Å². The zero-order chi connectivity index (χ0) is 13.0. The second kappa shape index (κ2) is 5.96. The lowest BCUT2D eigenvalue weighted by Crippen LogP contribution is -2.46. The molecule has 2 N–H and O–H groups in total. The van der Waals surface area contributed by atoms with Gasteiger partial charge in [0, 0.05) is 6.20 Å². The fourth-order valence-corrected chi connectivity index (χ4v) is 2.38. The third kappa shape index (κ3) is 3.07. The van der Waals surface area contributed by atoms with Gasteiger partial charge in [0.2, 0.25) is 5.91 Å². The molecule has 0 saturated carbocycles. The SMILES string of the molecule is CCC1CCNC(C(=O)Nc2cnccc2C)C1. The van der Waals surface area contributed by atoms with Crippen LogP contribution in [0.2, 0.25) is 0 Å². The molecule has 1 amide bonds. The van der Waals surface area contributed by atoms with E-state index in [-0.39, 0.29) is 11.9 Å². The summed E-state index contributed by atoms with van der Waals surface area (Å²) < 4.78 is 0. The summed E-state index contributed by atoms with van der Waals surface area (Å²) in [7, 11) is 0. The van der Waals surface area contributed by atoms with Crippen LogP contribution in [-0.2, 0) is 4.79 Å². The maximum absolute atomic E-state index is 12.2. The van der Waals surface area contributed by atoms with Gasteiger partial charge < -0.3 is 10.6 Å². The van der Waals surface area contributed by atoms with E-state index >= 15 is 0 Å². The molecule has 0 spiro atoms. The van der Waals surface area contributed by atoms with Crippen molar-refractivity contribution in [1.29, 1.82) is 0 Å². The van der Waals surface area contributed by atoms with Crippen LogP contribution in [0.5, 0.6) is 0 Å². The van der Waals surface area contributed by atoms with Crippen molar-refractivity contribution in [2.75, 3.05) is 11.9 Å². The Bertz CT molecular complexity index is 419. The molecule has 98 valence electrons. The molecular formula is C14H21N3O. The van der Waals surface area contributed by atoms with E-state index in [0.29, 0.717) is 5.92 Å². The van der Waals surface area contributed by atoms with E-state index in [9.17, 15) is 4.79 Å². The number of rotatable bonds is 3. The average molecular weight is 247 g/mol. The number of pyridine rings is 1. The highest BCUT2D eigenvalue weighted by molar-refractivity contribution is 5.95. The molecule has 0 radical (unpaired) electrons. The lowest BCUT2D eigenvalue weighted by molar-refractivity contribution is -0.119. The number of hydrogen-bond donors (Lipinski definition) is 2. The Hall–Kier alpha value is -1.42. The van der Waals surface area contributed by atoms with Crippen molar-refractivity contribution in [3.05, 3.63) is 24.0 Å². The Labute approximate surface area is 108 Å². The van der Waals surface area contributed by atoms with Gasteiger partial charge in [-0.2, -0.15) is 0 Å². The second-order valence-electron chi connectivity index (χ2n) is 4.99. The highest BCUT2D eigenvalue weighted by atomic mass is 16.2. The molecule has 2 atom stereocenters. The van der Waals surface area contributed by atoms with Gasteiger partial charge in [-0.25, -0.2) is 0 Å². The number of nitrogens with zero attached hydrogens (tertiary/aromatic N) is 1. The van der Waals surface area contributed by atoms with Gasteiger partial charge in [0.1, 0.15) is 0 Å². The molecule has 2 rings (SSSR count). The highest BCUT2D eigenvalue weighted by Crippen LogP contribution is 2.20. The van der Waals surface area contributed by atoms with Crippen molar-refractivity contribution in [3.8, 4) is 0 Å². The molecular weight excluding hydrogens is 226 g/mol. The van der Waals surface area contributed by atoms with Gasteiger partial charge in [-0.05, 0) is 43.9 Å². The van der Waals surface area contributed by atoms with E-state index in [1.54, 1.807) is 12.4 Å². The van der Waals surface area contributed by atoms with Crippen LogP contribution in [0, 0.1) is 12.8 Å². The van der Waals surface area contributed by atoms with E-state index in [2.05, 4.69) is 22.5 Å². The quantitative estimate of drug-likeness (QED) is 0.860. The first-order chi connectivity index (χ1) is 8.70. The first kappa shape index (κ1) is 13.0. The van der Waals surface area contributed by atoms with Crippen LogP contribution in [0.25, 0.3) is 0 Å². The van der Waals surface area contributed by atoms with Gasteiger partial charge in [0.05, 0.1) is 17.9 Å². The van der Waals surface area contributed by atoms with E-state index < -0.39 is 0 Å². The molecule has 1 aromatic heterocycles. The highest BCUT2D eigenvalue weighted by Gasteiger charge is 2.26. The van der Waals surface area contributed by atoms with E-state index in [1.807, 2.05) is 13.0 Å². The Balaban J connectivity index is 1.97. The van der Waals surface area contributed by atoms with Gasteiger partial charge in [-0.15, -0.1) is 0 Å². The second-order valence-corrected chi connectivity index (χ2v) is 4.99. The van der Waals surface area contributed by atoms with Crippen LogP contribution in [0.4, 0.5) is 5.69 Å². The monoisotopic (exact) mass is 247 g/mol. The Morgan fingerprint density at radius 3 is 3.17 bits per heavy atom. The van der Waals surface area contributed by atoms with Gasteiger partial charge >= 0.3 is 0 Å². The number of amides is 1. The molecule has 0 bridgehead atoms. The van der Waals surface area contributed by atoms with Gasteiger partial charge in [0.15, 0.2) is 0 Å². The summed E-state index contributed by atoms with van der Waals surface area (Å²) in [6.07, 6.45) is 6.69. The largest absolute Gasteiger partial charge is 0.323 e. The standard InChI is InChI=1S/C14H21N3O/c1-3-11-5-7-16-12(8-11)14(18)17-13-9-15-6-4-10(13)2/h4,6,9,11-12,16H,3,5,7-8H2,1-2H3,(H,17,18). The molecule has 4 heteroatoms. The van der Waals surface area contributed by atoms with Crippen LogP contribution in [-0.4, -0.2) is 23.5 Å². The molecule has 1 aromatic rings. The van der Waals surface area contributed by atoms with Crippen molar-refractivity contribution < 1.29 is 4.79 Å². The van der Waals surface area contributed by atoms with Crippen LogP contribution in [0.3, 0.4) is 0 Å². The minimum atomic E-state index is -0.0664. The van der Waals surface area contributed by atoms with Gasteiger partial charge in [0.25, 0.3) is 0 Å². The summed E-state index contributed by atoms with van der Waals surface area (Å²) in [6.45, 7) is 5.10. The summed E-state index contributed by atoms with van der Waals surface area (Å²) in [5.41, 5.74) is 1.85. The Kier molecular flexibility index (Phi) is 4.31. The molecule has 0 aliphatic carbocycles. The fraction of sp³-hybridized carbons (Fsp3) is 0.571. The molecule has 1 saturated heterocycles. The predicted molar refractivity (Wildman–Crippen MR) is 72.4 cm³/mol. The summed E-state index contributed by atoms with van der Waals surface area (Å²) in [5, 5.41) is 6.25. The summed E-state index contributed by atoms with van der Waals surface area (Å²) in [4.78, 5) is 16.2. The van der Waals surface area contributed by atoms with Crippen molar-refractivity contribution >= 4 is 11.6 Å². The zero-order valence-corrected chi connectivity index (χ0v) is 11.1. The fourth-order valence-electron chi connectivity index (χ4n) is 2.38.